The molecular weight excluding hydrogens is 372 g/mol. The summed E-state index contributed by atoms with van der Waals surface area (Å²) in [6.45, 7) is 6.31. The van der Waals surface area contributed by atoms with E-state index in [1.54, 1.807) is 0 Å². The second-order valence-corrected chi connectivity index (χ2v) is 7.72. The Balaban J connectivity index is 1.75. The molecule has 1 aliphatic heterocycles. The Bertz CT molecular complexity index is 1150. The predicted octanol–water partition coefficient (Wildman–Crippen LogP) is 5.00. The van der Waals surface area contributed by atoms with E-state index < -0.39 is 0 Å². The van der Waals surface area contributed by atoms with E-state index in [2.05, 4.69) is 5.32 Å². The number of anilines is 1. The first-order chi connectivity index (χ1) is 14.4. The smallest absolute Gasteiger partial charge is 0.278 e. The molecule has 4 rings (SSSR count). The number of aryl methyl sites for hydroxylation is 3. The van der Waals surface area contributed by atoms with E-state index in [0.717, 1.165) is 27.9 Å². The van der Waals surface area contributed by atoms with E-state index in [-0.39, 0.29) is 18.4 Å². The van der Waals surface area contributed by atoms with Crippen molar-refractivity contribution in [3.05, 3.63) is 106 Å². The number of benzene rings is 3. The fourth-order valence-electron chi connectivity index (χ4n) is 3.55. The minimum atomic E-state index is -0.308. The fraction of sp³-hybridized carbons (Fsp3) is 0.154. The minimum Gasteiger partial charge on any atom is -0.350 e. The molecule has 0 saturated heterocycles. The summed E-state index contributed by atoms with van der Waals surface area (Å²) in [5.74, 6) is -0.586. The Kier molecular flexibility index (Phi) is 5.23. The molecule has 30 heavy (non-hydrogen) atoms. The van der Waals surface area contributed by atoms with Crippen LogP contribution in [0.15, 0.2) is 78.5 Å². The molecule has 0 aromatic heterocycles. The van der Waals surface area contributed by atoms with Crippen molar-refractivity contribution in [3.63, 3.8) is 0 Å². The Hall–Kier alpha value is -3.66. The number of nitrogens with zero attached hydrogens (tertiary/aromatic N) is 1. The topological polar surface area (TPSA) is 49.4 Å². The molecule has 4 nitrogen and oxygen atoms in total. The summed E-state index contributed by atoms with van der Waals surface area (Å²) < 4.78 is 0. The highest BCUT2D eigenvalue weighted by Crippen LogP contribution is 2.32. The van der Waals surface area contributed by atoms with E-state index in [9.17, 15) is 9.59 Å². The Morgan fingerprint density at radius 2 is 1.47 bits per heavy atom. The molecule has 0 spiro atoms. The number of hydrogen-bond donors (Lipinski definition) is 1. The highest BCUT2D eigenvalue weighted by molar-refractivity contribution is 6.36. The summed E-state index contributed by atoms with van der Waals surface area (Å²) in [6.07, 6.45) is 0. The molecule has 1 heterocycles. The normalized spacial score (nSPS) is 13.9. The molecule has 4 heteroatoms. The standard InChI is InChI=1S/C26H24N2O2/c1-17-9-12-21(13-10-17)23-24(27-22-14-11-18(2)19(3)15-22)26(30)28(25(23)29)16-20-7-5-4-6-8-20/h4-15,27H,16H2,1-3H3. The molecule has 0 saturated carbocycles. The Morgan fingerprint density at radius 3 is 2.13 bits per heavy atom. The summed E-state index contributed by atoms with van der Waals surface area (Å²) in [6, 6.07) is 23.2. The van der Waals surface area contributed by atoms with E-state index in [0.29, 0.717) is 11.3 Å². The van der Waals surface area contributed by atoms with E-state index in [1.165, 1.54) is 10.5 Å². The van der Waals surface area contributed by atoms with Crippen molar-refractivity contribution in [3.8, 4) is 0 Å². The number of rotatable bonds is 5. The second kappa shape index (κ2) is 7.99. The highest BCUT2D eigenvalue weighted by Gasteiger charge is 2.39. The van der Waals surface area contributed by atoms with Crippen LogP contribution in [0.1, 0.15) is 27.8 Å². The summed E-state index contributed by atoms with van der Waals surface area (Å²) in [7, 11) is 0. The third kappa shape index (κ3) is 3.77. The van der Waals surface area contributed by atoms with Crippen LogP contribution in [-0.4, -0.2) is 16.7 Å². The lowest BCUT2D eigenvalue weighted by molar-refractivity contribution is -0.137. The zero-order valence-electron chi connectivity index (χ0n) is 17.4. The van der Waals surface area contributed by atoms with Crippen LogP contribution in [0.25, 0.3) is 5.57 Å². The van der Waals surface area contributed by atoms with Gasteiger partial charge in [0.05, 0.1) is 12.1 Å². The van der Waals surface area contributed by atoms with Gasteiger partial charge < -0.3 is 5.32 Å². The van der Waals surface area contributed by atoms with Gasteiger partial charge in [-0.25, -0.2) is 0 Å². The van der Waals surface area contributed by atoms with Crippen molar-refractivity contribution >= 4 is 23.1 Å². The van der Waals surface area contributed by atoms with Crippen molar-refractivity contribution in [1.29, 1.82) is 0 Å². The monoisotopic (exact) mass is 396 g/mol. The molecule has 2 amide bonds. The molecule has 3 aromatic rings. The van der Waals surface area contributed by atoms with Crippen molar-refractivity contribution in [1.82, 2.24) is 4.90 Å². The zero-order chi connectivity index (χ0) is 21.3. The fourth-order valence-corrected chi connectivity index (χ4v) is 3.55. The zero-order valence-corrected chi connectivity index (χ0v) is 17.4. The van der Waals surface area contributed by atoms with Crippen LogP contribution in [0, 0.1) is 20.8 Å². The number of carbonyl (C=O) groups is 2. The van der Waals surface area contributed by atoms with Crippen molar-refractivity contribution < 1.29 is 9.59 Å². The van der Waals surface area contributed by atoms with E-state index in [1.807, 2.05) is 93.6 Å². The predicted molar refractivity (Wildman–Crippen MR) is 120 cm³/mol. The SMILES string of the molecule is Cc1ccc(C2=C(Nc3ccc(C)c(C)c3)C(=O)N(Cc3ccccc3)C2=O)cc1. The molecule has 0 fully saturated rings. The lowest BCUT2D eigenvalue weighted by atomic mass is 10.0. The average molecular weight is 396 g/mol. The van der Waals surface area contributed by atoms with Gasteiger partial charge in [-0.05, 0) is 55.2 Å². The van der Waals surface area contributed by atoms with Gasteiger partial charge >= 0.3 is 0 Å². The van der Waals surface area contributed by atoms with Crippen LogP contribution >= 0.6 is 0 Å². The van der Waals surface area contributed by atoms with Gasteiger partial charge in [0.15, 0.2) is 0 Å². The summed E-state index contributed by atoms with van der Waals surface area (Å²) in [5, 5.41) is 3.24. The molecule has 0 radical (unpaired) electrons. The van der Waals surface area contributed by atoms with Gasteiger partial charge in [-0.15, -0.1) is 0 Å². The molecule has 0 unspecified atom stereocenters. The third-order valence-corrected chi connectivity index (χ3v) is 5.47. The van der Waals surface area contributed by atoms with Crippen LogP contribution in [0.5, 0.6) is 0 Å². The third-order valence-electron chi connectivity index (χ3n) is 5.47. The number of amides is 2. The quantitative estimate of drug-likeness (QED) is 0.617. The first-order valence-corrected chi connectivity index (χ1v) is 10.00. The van der Waals surface area contributed by atoms with E-state index >= 15 is 0 Å². The van der Waals surface area contributed by atoms with Crippen LogP contribution in [0.3, 0.4) is 0 Å². The minimum absolute atomic E-state index is 0.242. The highest BCUT2D eigenvalue weighted by atomic mass is 16.2. The lowest BCUT2D eigenvalue weighted by Crippen LogP contribution is -2.32. The molecule has 0 bridgehead atoms. The molecule has 1 N–H and O–H groups in total. The van der Waals surface area contributed by atoms with Gasteiger partial charge in [0.25, 0.3) is 11.8 Å². The summed E-state index contributed by atoms with van der Waals surface area (Å²) in [5.41, 5.74) is 6.57. The van der Waals surface area contributed by atoms with Gasteiger partial charge in [-0.2, -0.15) is 0 Å². The molecule has 1 aliphatic rings. The van der Waals surface area contributed by atoms with Gasteiger partial charge in [0.2, 0.25) is 0 Å². The number of carbonyl (C=O) groups excluding carboxylic acids is 2. The molecular formula is C26H24N2O2. The maximum absolute atomic E-state index is 13.3. The second-order valence-electron chi connectivity index (χ2n) is 7.72. The van der Waals surface area contributed by atoms with Gasteiger partial charge in [0.1, 0.15) is 5.70 Å². The number of nitrogens with one attached hydrogen (secondary N) is 1. The van der Waals surface area contributed by atoms with Gasteiger partial charge in [-0.1, -0.05) is 66.2 Å². The summed E-state index contributed by atoms with van der Waals surface area (Å²) >= 11 is 0. The van der Waals surface area contributed by atoms with Gasteiger partial charge in [0, 0.05) is 5.69 Å². The first kappa shape index (κ1) is 19.6. The summed E-state index contributed by atoms with van der Waals surface area (Å²) in [4.78, 5) is 28.0. The van der Waals surface area contributed by atoms with Crippen LogP contribution in [0.2, 0.25) is 0 Å². The molecule has 3 aromatic carbocycles. The van der Waals surface area contributed by atoms with Crippen LogP contribution < -0.4 is 5.32 Å². The van der Waals surface area contributed by atoms with Crippen LogP contribution in [-0.2, 0) is 16.1 Å². The molecule has 0 aliphatic carbocycles. The Labute approximate surface area is 176 Å². The lowest BCUT2D eigenvalue weighted by Gasteiger charge is -2.15. The average Bonchev–Trinajstić information content (AvgIpc) is 2.96. The first-order valence-electron chi connectivity index (χ1n) is 10.00. The maximum atomic E-state index is 13.3. The van der Waals surface area contributed by atoms with Crippen molar-refractivity contribution in [2.45, 2.75) is 27.3 Å². The van der Waals surface area contributed by atoms with Crippen molar-refractivity contribution in [2.75, 3.05) is 5.32 Å². The number of hydrogen-bond acceptors (Lipinski definition) is 3. The number of imide groups is 1. The molecule has 150 valence electrons. The van der Waals surface area contributed by atoms with E-state index in [4.69, 9.17) is 0 Å². The van der Waals surface area contributed by atoms with Crippen molar-refractivity contribution in [2.24, 2.45) is 0 Å². The maximum Gasteiger partial charge on any atom is 0.278 e. The largest absolute Gasteiger partial charge is 0.350 e. The van der Waals surface area contributed by atoms with Gasteiger partial charge in [-0.3, -0.25) is 14.5 Å². The molecule has 0 atom stereocenters. The Morgan fingerprint density at radius 1 is 0.767 bits per heavy atom. The van der Waals surface area contributed by atoms with Crippen LogP contribution in [0.4, 0.5) is 5.69 Å².